The number of rotatable bonds is 2. The fourth-order valence-electron chi connectivity index (χ4n) is 1.74. The molecule has 1 saturated heterocycles. The van der Waals surface area contributed by atoms with Crippen molar-refractivity contribution in [1.29, 1.82) is 0 Å². The topological polar surface area (TPSA) is 3.24 Å². The van der Waals surface area contributed by atoms with E-state index in [0.29, 0.717) is 0 Å². The van der Waals surface area contributed by atoms with Crippen molar-refractivity contribution in [2.45, 2.75) is 43.2 Å². The van der Waals surface area contributed by atoms with Crippen LogP contribution in [0.15, 0.2) is 0 Å². The lowest BCUT2D eigenvalue weighted by molar-refractivity contribution is -0.132. The molecule has 1 heterocycles. The van der Waals surface area contributed by atoms with Crippen LogP contribution in [0.5, 0.6) is 0 Å². The van der Waals surface area contributed by atoms with Gasteiger partial charge in [-0.1, -0.05) is 22.4 Å². The number of hydrogen-bond donors (Lipinski definition) is 0. The summed E-state index contributed by atoms with van der Waals surface area (Å²) < 4.78 is 36.8. The summed E-state index contributed by atoms with van der Waals surface area (Å²) in [6, 6.07) is 0.283. The van der Waals surface area contributed by atoms with Gasteiger partial charge in [-0.25, -0.2) is 0 Å². The Hall–Kier alpha value is 0.230. The Bertz CT molecular complexity index is 183. The summed E-state index contributed by atoms with van der Waals surface area (Å²) in [4.78, 5) is 0.520. The number of hydrogen-bond acceptors (Lipinski definition) is 1. The Morgan fingerprint density at radius 2 is 2.07 bits per heavy atom. The van der Waals surface area contributed by atoms with Gasteiger partial charge in [0.2, 0.25) is 0 Å². The maximum Gasteiger partial charge on any atom is 0.402 e. The maximum atomic E-state index is 12.3. The van der Waals surface area contributed by atoms with Crippen LogP contribution >= 0.6 is 15.9 Å². The van der Waals surface area contributed by atoms with Crippen LogP contribution in [0, 0.1) is 0 Å². The third-order valence-electron chi connectivity index (χ3n) is 2.69. The van der Waals surface area contributed by atoms with E-state index in [2.05, 4.69) is 15.9 Å². The summed E-state index contributed by atoms with van der Waals surface area (Å²) in [5.41, 5.74) is 0. The molecule has 0 amide bonds. The van der Waals surface area contributed by atoms with E-state index >= 15 is 0 Å². The molecule has 0 saturated carbocycles. The van der Waals surface area contributed by atoms with E-state index in [4.69, 9.17) is 0 Å². The second-order valence-electron chi connectivity index (χ2n) is 3.85. The first-order chi connectivity index (χ1) is 6.41. The molecule has 1 fully saturated rings. The van der Waals surface area contributed by atoms with E-state index in [0.717, 1.165) is 25.8 Å². The van der Waals surface area contributed by atoms with Gasteiger partial charge in [0.15, 0.2) is 0 Å². The van der Waals surface area contributed by atoms with Crippen LogP contribution in [0.25, 0.3) is 0 Å². The van der Waals surface area contributed by atoms with E-state index in [-0.39, 0.29) is 12.6 Å². The van der Waals surface area contributed by atoms with Gasteiger partial charge >= 0.3 is 6.18 Å². The van der Waals surface area contributed by atoms with Crippen molar-refractivity contribution in [3.8, 4) is 0 Å². The molecular weight excluding hydrogens is 259 g/mol. The van der Waals surface area contributed by atoms with Gasteiger partial charge in [-0.05, 0) is 26.3 Å². The smallest absolute Gasteiger partial charge is 0.299 e. The molecular formula is C9H15BrF3N. The second-order valence-corrected chi connectivity index (χ2v) is 4.95. The Labute approximate surface area is 90.8 Å². The zero-order valence-electron chi connectivity index (χ0n) is 8.15. The first-order valence-corrected chi connectivity index (χ1v) is 5.77. The van der Waals surface area contributed by atoms with Gasteiger partial charge in [-0.3, -0.25) is 4.90 Å². The van der Waals surface area contributed by atoms with Crippen LogP contribution in [0.4, 0.5) is 13.2 Å². The highest BCUT2D eigenvalue weighted by Gasteiger charge is 2.39. The lowest BCUT2D eigenvalue weighted by Crippen LogP contribution is -2.44. The zero-order valence-corrected chi connectivity index (χ0v) is 9.74. The van der Waals surface area contributed by atoms with E-state index < -0.39 is 11.0 Å². The Morgan fingerprint density at radius 3 is 2.57 bits per heavy atom. The quantitative estimate of drug-likeness (QED) is 0.699. The van der Waals surface area contributed by atoms with Crippen LogP contribution in [-0.2, 0) is 0 Å². The highest BCUT2D eigenvalue weighted by Crippen LogP contribution is 2.28. The average molecular weight is 274 g/mol. The summed E-state index contributed by atoms with van der Waals surface area (Å²) in [5.74, 6) is 0. The molecule has 5 heteroatoms. The van der Waals surface area contributed by atoms with Gasteiger partial charge < -0.3 is 0 Å². The van der Waals surface area contributed by atoms with Crippen molar-refractivity contribution in [1.82, 2.24) is 4.90 Å². The average Bonchev–Trinajstić information content (AvgIpc) is 2.07. The monoisotopic (exact) mass is 273 g/mol. The molecule has 0 spiro atoms. The first kappa shape index (κ1) is 12.3. The van der Waals surface area contributed by atoms with Crippen molar-refractivity contribution in [3.63, 3.8) is 0 Å². The summed E-state index contributed by atoms with van der Waals surface area (Å²) >= 11 is 2.69. The van der Waals surface area contributed by atoms with Crippen LogP contribution in [0.3, 0.4) is 0 Å². The van der Waals surface area contributed by atoms with E-state index in [1.165, 1.54) is 0 Å². The number of nitrogens with zero attached hydrogens (tertiary/aromatic N) is 1. The summed E-state index contributed by atoms with van der Waals surface area (Å²) in [6.45, 7) is 2.86. The Balaban J connectivity index is 2.42. The van der Waals surface area contributed by atoms with Crippen molar-refractivity contribution in [2.75, 3.05) is 13.1 Å². The summed E-state index contributed by atoms with van der Waals surface area (Å²) in [5, 5.41) is 0. The number of piperidine rings is 1. The molecule has 2 unspecified atom stereocenters. The van der Waals surface area contributed by atoms with Crippen LogP contribution < -0.4 is 0 Å². The van der Waals surface area contributed by atoms with E-state index in [9.17, 15) is 13.2 Å². The minimum absolute atomic E-state index is 0.0741. The van der Waals surface area contributed by atoms with Crippen LogP contribution in [0.1, 0.15) is 26.2 Å². The molecule has 0 aliphatic carbocycles. The van der Waals surface area contributed by atoms with Gasteiger partial charge in [0.25, 0.3) is 0 Å². The van der Waals surface area contributed by atoms with Crippen LogP contribution in [0.2, 0.25) is 0 Å². The Morgan fingerprint density at radius 1 is 1.43 bits per heavy atom. The maximum absolute atomic E-state index is 12.3. The molecule has 0 aromatic rings. The minimum Gasteiger partial charge on any atom is -0.299 e. The fraction of sp³-hybridized carbons (Fsp3) is 1.00. The molecule has 14 heavy (non-hydrogen) atoms. The predicted molar refractivity (Wildman–Crippen MR) is 53.7 cm³/mol. The van der Waals surface area contributed by atoms with Gasteiger partial charge in [0, 0.05) is 12.6 Å². The number of halogens is 4. The number of alkyl halides is 4. The number of likely N-dealkylation sites (tertiary alicyclic amines) is 1. The van der Waals surface area contributed by atoms with Crippen molar-refractivity contribution in [3.05, 3.63) is 0 Å². The van der Waals surface area contributed by atoms with Crippen LogP contribution in [-0.4, -0.2) is 35.0 Å². The van der Waals surface area contributed by atoms with Gasteiger partial charge in [0.05, 0.1) is 0 Å². The molecule has 1 rings (SSSR count). The lowest BCUT2D eigenvalue weighted by Gasteiger charge is -2.34. The fourth-order valence-corrected chi connectivity index (χ4v) is 2.11. The molecule has 0 aromatic carbocycles. The molecule has 0 aromatic heterocycles. The highest BCUT2D eigenvalue weighted by atomic mass is 79.9. The van der Waals surface area contributed by atoms with E-state index in [1.54, 1.807) is 0 Å². The standard InChI is InChI=1S/C9H15BrF3N/c1-7-4-2-3-5-14(7)6-8(10)9(11,12)13/h7-8H,2-6H2,1H3. The predicted octanol–water partition coefficient (Wildman–Crippen LogP) is 3.19. The molecule has 0 N–H and O–H groups in total. The molecule has 84 valence electrons. The first-order valence-electron chi connectivity index (χ1n) is 4.86. The second kappa shape index (κ2) is 4.84. The van der Waals surface area contributed by atoms with E-state index in [1.807, 2.05) is 11.8 Å². The lowest BCUT2D eigenvalue weighted by atomic mass is 10.0. The third kappa shape index (κ3) is 3.42. The largest absolute Gasteiger partial charge is 0.402 e. The molecule has 0 bridgehead atoms. The molecule has 1 nitrogen and oxygen atoms in total. The summed E-state index contributed by atoms with van der Waals surface area (Å²) in [7, 11) is 0. The third-order valence-corrected chi connectivity index (χ3v) is 3.50. The SMILES string of the molecule is CC1CCCCN1CC(Br)C(F)(F)F. The summed E-state index contributed by atoms with van der Waals surface area (Å²) in [6.07, 6.45) is -0.965. The van der Waals surface area contributed by atoms with Crippen molar-refractivity contribution in [2.24, 2.45) is 0 Å². The molecule has 0 radical (unpaired) electrons. The zero-order chi connectivity index (χ0) is 10.8. The van der Waals surface area contributed by atoms with Gasteiger partial charge in [-0.2, -0.15) is 13.2 Å². The molecule has 2 atom stereocenters. The highest BCUT2D eigenvalue weighted by molar-refractivity contribution is 9.09. The minimum atomic E-state index is -4.13. The molecule has 1 aliphatic rings. The molecule has 1 aliphatic heterocycles. The van der Waals surface area contributed by atoms with Crippen molar-refractivity contribution >= 4 is 15.9 Å². The normalized spacial score (nSPS) is 27.6. The van der Waals surface area contributed by atoms with Gasteiger partial charge in [0.1, 0.15) is 4.83 Å². The van der Waals surface area contributed by atoms with Crippen molar-refractivity contribution < 1.29 is 13.2 Å². The van der Waals surface area contributed by atoms with Gasteiger partial charge in [-0.15, -0.1) is 0 Å². The Kier molecular flexibility index (Phi) is 4.25.